The Hall–Kier alpha value is -1.46. The molecular formula is C11H14FNO3. The monoisotopic (exact) mass is 227 g/mol. The lowest BCUT2D eigenvalue weighted by Gasteiger charge is -2.14. The van der Waals surface area contributed by atoms with Crippen molar-refractivity contribution in [3.8, 4) is 0 Å². The summed E-state index contributed by atoms with van der Waals surface area (Å²) in [5, 5.41) is 20.8. The SMILES string of the molecule is CC(=O)Nc1cc(F)ccc1C(O)CCO. The van der Waals surface area contributed by atoms with Crippen LogP contribution in [0.5, 0.6) is 0 Å². The number of hydrogen-bond acceptors (Lipinski definition) is 3. The summed E-state index contributed by atoms with van der Waals surface area (Å²) >= 11 is 0. The Morgan fingerprint density at radius 2 is 2.25 bits per heavy atom. The zero-order chi connectivity index (χ0) is 12.1. The van der Waals surface area contributed by atoms with Crippen LogP contribution >= 0.6 is 0 Å². The fourth-order valence-electron chi connectivity index (χ4n) is 1.39. The van der Waals surface area contributed by atoms with E-state index in [2.05, 4.69) is 5.32 Å². The lowest BCUT2D eigenvalue weighted by molar-refractivity contribution is -0.114. The molecule has 88 valence electrons. The van der Waals surface area contributed by atoms with Gasteiger partial charge in [-0.2, -0.15) is 0 Å². The molecule has 1 unspecified atom stereocenters. The molecule has 0 saturated heterocycles. The highest BCUT2D eigenvalue weighted by Crippen LogP contribution is 2.25. The van der Waals surface area contributed by atoms with E-state index in [1.54, 1.807) is 0 Å². The summed E-state index contributed by atoms with van der Waals surface area (Å²) in [5.74, 6) is -0.841. The predicted octanol–water partition coefficient (Wildman–Crippen LogP) is 1.20. The molecular weight excluding hydrogens is 213 g/mol. The Labute approximate surface area is 92.7 Å². The van der Waals surface area contributed by atoms with Crippen LogP contribution in [0.3, 0.4) is 0 Å². The van der Waals surface area contributed by atoms with Crippen LogP contribution in [0.15, 0.2) is 18.2 Å². The average Bonchev–Trinajstić information content (AvgIpc) is 2.16. The van der Waals surface area contributed by atoms with E-state index in [9.17, 15) is 14.3 Å². The minimum Gasteiger partial charge on any atom is -0.396 e. The maximum atomic E-state index is 13.0. The molecule has 0 heterocycles. The highest BCUT2D eigenvalue weighted by atomic mass is 19.1. The molecule has 0 saturated carbocycles. The van der Waals surface area contributed by atoms with E-state index in [1.165, 1.54) is 19.1 Å². The van der Waals surface area contributed by atoms with Crippen LogP contribution < -0.4 is 5.32 Å². The molecule has 4 nitrogen and oxygen atoms in total. The number of hydrogen-bond donors (Lipinski definition) is 3. The summed E-state index contributed by atoms with van der Waals surface area (Å²) < 4.78 is 13.0. The van der Waals surface area contributed by atoms with Crippen molar-refractivity contribution in [3.05, 3.63) is 29.6 Å². The molecule has 0 radical (unpaired) electrons. The molecule has 1 aromatic carbocycles. The van der Waals surface area contributed by atoms with Crippen molar-refractivity contribution in [2.24, 2.45) is 0 Å². The van der Waals surface area contributed by atoms with Crippen molar-refractivity contribution in [1.29, 1.82) is 0 Å². The van der Waals surface area contributed by atoms with Gasteiger partial charge in [-0.1, -0.05) is 6.07 Å². The lowest BCUT2D eigenvalue weighted by atomic mass is 10.0. The van der Waals surface area contributed by atoms with Crippen LogP contribution in [-0.2, 0) is 4.79 Å². The zero-order valence-electron chi connectivity index (χ0n) is 8.90. The van der Waals surface area contributed by atoms with E-state index >= 15 is 0 Å². The minimum atomic E-state index is -0.924. The summed E-state index contributed by atoms with van der Waals surface area (Å²) in [6.45, 7) is 1.12. The first-order chi connectivity index (χ1) is 7.54. The van der Waals surface area contributed by atoms with E-state index in [0.717, 1.165) is 6.07 Å². The molecule has 1 aromatic rings. The Balaban J connectivity index is 3.01. The number of aliphatic hydroxyl groups is 2. The molecule has 0 aliphatic rings. The van der Waals surface area contributed by atoms with Gasteiger partial charge >= 0.3 is 0 Å². The van der Waals surface area contributed by atoms with Crippen LogP contribution in [-0.4, -0.2) is 22.7 Å². The van der Waals surface area contributed by atoms with Gasteiger partial charge in [0.25, 0.3) is 0 Å². The van der Waals surface area contributed by atoms with Crippen molar-refractivity contribution >= 4 is 11.6 Å². The summed E-state index contributed by atoms with van der Waals surface area (Å²) in [7, 11) is 0. The van der Waals surface area contributed by atoms with Gasteiger partial charge in [-0.05, 0) is 12.1 Å². The molecule has 1 rings (SSSR count). The molecule has 0 aliphatic carbocycles. The van der Waals surface area contributed by atoms with Crippen molar-refractivity contribution in [2.75, 3.05) is 11.9 Å². The van der Waals surface area contributed by atoms with Gasteiger partial charge in [0.15, 0.2) is 0 Å². The third-order valence-electron chi connectivity index (χ3n) is 2.09. The Bertz CT molecular complexity index is 381. The lowest BCUT2D eigenvalue weighted by Crippen LogP contribution is -2.11. The number of carbonyl (C=O) groups is 1. The van der Waals surface area contributed by atoms with E-state index in [4.69, 9.17) is 5.11 Å². The summed E-state index contributed by atoms with van der Waals surface area (Å²) in [4.78, 5) is 10.9. The van der Waals surface area contributed by atoms with Gasteiger partial charge in [0, 0.05) is 31.2 Å². The predicted molar refractivity (Wildman–Crippen MR) is 57.4 cm³/mol. The molecule has 1 amide bonds. The molecule has 1 atom stereocenters. The fourth-order valence-corrected chi connectivity index (χ4v) is 1.39. The second-order valence-electron chi connectivity index (χ2n) is 3.44. The molecule has 0 aromatic heterocycles. The van der Waals surface area contributed by atoms with E-state index in [0.29, 0.717) is 5.56 Å². The van der Waals surface area contributed by atoms with Gasteiger partial charge in [0.05, 0.1) is 6.10 Å². The molecule has 0 spiro atoms. The Kier molecular flexibility index (Phi) is 4.39. The van der Waals surface area contributed by atoms with E-state index < -0.39 is 11.9 Å². The highest BCUT2D eigenvalue weighted by molar-refractivity contribution is 5.89. The third-order valence-corrected chi connectivity index (χ3v) is 2.09. The molecule has 5 heteroatoms. The maximum Gasteiger partial charge on any atom is 0.221 e. The van der Waals surface area contributed by atoms with E-state index in [-0.39, 0.29) is 24.6 Å². The number of halogens is 1. The minimum absolute atomic E-state index is 0.137. The zero-order valence-corrected chi connectivity index (χ0v) is 8.90. The van der Waals surface area contributed by atoms with Crippen LogP contribution in [0.4, 0.5) is 10.1 Å². The largest absolute Gasteiger partial charge is 0.396 e. The van der Waals surface area contributed by atoms with Gasteiger partial charge in [-0.3, -0.25) is 4.79 Å². The first kappa shape index (κ1) is 12.6. The second-order valence-corrected chi connectivity index (χ2v) is 3.44. The summed E-state index contributed by atoms with van der Waals surface area (Å²) in [5.41, 5.74) is 0.624. The number of nitrogens with one attached hydrogen (secondary N) is 1. The molecule has 0 aliphatic heterocycles. The van der Waals surface area contributed by atoms with Crippen LogP contribution in [0, 0.1) is 5.82 Å². The van der Waals surface area contributed by atoms with E-state index in [1.807, 2.05) is 0 Å². The van der Waals surface area contributed by atoms with Crippen molar-refractivity contribution in [2.45, 2.75) is 19.4 Å². The number of anilines is 1. The van der Waals surface area contributed by atoms with Crippen molar-refractivity contribution in [1.82, 2.24) is 0 Å². The molecule has 16 heavy (non-hydrogen) atoms. The average molecular weight is 227 g/mol. The van der Waals surface area contributed by atoms with Crippen molar-refractivity contribution < 1.29 is 19.4 Å². The first-order valence-corrected chi connectivity index (χ1v) is 4.90. The first-order valence-electron chi connectivity index (χ1n) is 4.90. The summed E-state index contributed by atoms with van der Waals surface area (Å²) in [6.07, 6.45) is -0.787. The molecule has 3 N–H and O–H groups in total. The van der Waals surface area contributed by atoms with Gasteiger partial charge in [-0.15, -0.1) is 0 Å². The normalized spacial score (nSPS) is 12.2. The number of aliphatic hydroxyl groups excluding tert-OH is 2. The van der Waals surface area contributed by atoms with Crippen molar-refractivity contribution in [3.63, 3.8) is 0 Å². The molecule has 0 bridgehead atoms. The Morgan fingerprint density at radius 1 is 1.56 bits per heavy atom. The number of carbonyl (C=O) groups excluding carboxylic acids is 1. The second kappa shape index (κ2) is 5.58. The van der Waals surface area contributed by atoms with Gasteiger partial charge in [-0.25, -0.2) is 4.39 Å². The van der Waals surface area contributed by atoms with Crippen LogP contribution in [0.2, 0.25) is 0 Å². The van der Waals surface area contributed by atoms with Crippen LogP contribution in [0.1, 0.15) is 25.0 Å². The quantitative estimate of drug-likeness (QED) is 0.723. The Morgan fingerprint density at radius 3 is 2.81 bits per heavy atom. The third kappa shape index (κ3) is 3.29. The summed E-state index contributed by atoms with van der Waals surface area (Å²) in [6, 6.07) is 3.72. The smallest absolute Gasteiger partial charge is 0.221 e. The van der Waals surface area contributed by atoms with Gasteiger partial charge in [0.1, 0.15) is 5.82 Å². The van der Waals surface area contributed by atoms with Gasteiger partial charge < -0.3 is 15.5 Å². The fraction of sp³-hybridized carbons (Fsp3) is 0.364. The highest BCUT2D eigenvalue weighted by Gasteiger charge is 2.13. The standard InChI is InChI=1S/C11H14FNO3/c1-7(15)13-10-6-8(12)2-3-9(10)11(16)4-5-14/h2-3,6,11,14,16H,4-5H2,1H3,(H,13,15). The van der Waals surface area contributed by atoms with Gasteiger partial charge in [0.2, 0.25) is 5.91 Å². The molecule has 0 fully saturated rings. The number of rotatable bonds is 4. The number of amides is 1. The van der Waals surface area contributed by atoms with Crippen LogP contribution in [0.25, 0.3) is 0 Å². The maximum absolute atomic E-state index is 13.0. The number of benzene rings is 1. The topological polar surface area (TPSA) is 69.6 Å².